The van der Waals surface area contributed by atoms with Crippen LogP contribution in [0.3, 0.4) is 0 Å². The lowest BCUT2D eigenvalue weighted by Gasteiger charge is -2.29. The molecule has 4 aromatic rings. The van der Waals surface area contributed by atoms with Gasteiger partial charge in [0.2, 0.25) is 0 Å². The number of ether oxygens (including phenoxy) is 1. The summed E-state index contributed by atoms with van der Waals surface area (Å²) >= 11 is 0. The van der Waals surface area contributed by atoms with Gasteiger partial charge >= 0.3 is 0 Å². The summed E-state index contributed by atoms with van der Waals surface area (Å²) in [6, 6.07) is 14.4. The number of hydrogen-bond donors (Lipinski definition) is 3. The molecule has 34 heavy (non-hydrogen) atoms. The van der Waals surface area contributed by atoms with Crippen molar-refractivity contribution in [3.63, 3.8) is 0 Å². The molecule has 2 aliphatic rings. The van der Waals surface area contributed by atoms with E-state index in [0.29, 0.717) is 31.5 Å². The molecule has 0 spiro atoms. The second-order valence-electron chi connectivity index (χ2n) is 9.35. The molecule has 8 nitrogen and oxygen atoms in total. The van der Waals surface area contributed by atoms with E-state index >= 15 is 0 Å². The van der Waals surface area contributed by atoms with Gasteiger partial charge in [-0.25, -0.2) is 0 Å². The van der Waals surface area contributed by atoms with Crippen molar-refractivity contribution in [3.05, 3.63) is 53.6 Å². The van der Waals surface area contributed by atoms with E-state index in [1.807, 2.05) is 23.1 Å². The Labute approximate surface area is 197 Å². The first-order valence-electron chi connectivity index (χ1n) is 12.0. The van der Waals surface area contributed by atoms with Crippen LogP contribution in [0.2, 0.25) is 0 Å². The lowest BCUT2D eigenvalue weighted by Crippen LogP contribution is -2.40. The van der Waals surface area contributed by atoms with Gasteiger partial charge in [-0.05, 0) is 54.8 Å². The average molecular weight is 460 g/mol. The van der Waals surface area contributed by atoms with E-state index in [1.54, 1.807) is 0 Å². The van der Waals surface area contributed by atoms with Gasteiger partial charge in [-0.3, -0.25) is 14.8 Å². The van der Waals surface area contributed by atoms with E-state index in [0.717, 1.165) is 66.0 Å². The summed E-state index contributed by atoms with van der Waals surface area (Å²) in [6.07, 6.45) is 0.974. The number of carbonyl (C=O) groups is 1. The molecule has 8 heteroatoms. The third-order valence-electron chi connectivity index (χ3n) is 7.01. The number of aliphatic hydroxyl groups is 1. The molecule has 0 atom stereocenters. The Morgan fingerprint density at radius 1 is 1.03 bits per heavy atom. The molecule has 0 unspecified atom stereocenters. The van der Waals surface area contributed by atoms with Crippen LogP contribution in [0.15, 0.2) is 42.5 Å². The third kappa shape index (κ3) is 4.09. The van der Waals surface area contributed by atoms with Gasteiger partial charge in [0.25, 0.3) is 5.91 Å². The molecule has 3 N–H and O–H groups in total. The Morgan fingerprint density at radius 3 is 2.68 bits per heavy atom. The van der Waals surface area contributed by atoms with E-state index < -0.39 is 0 Å². The fraction of sp³-hybridized carbons (Fsp3) is 0.385. The summed E-state index contributed by atoms with van der Waals surface area (Å²) in [7, 11) is 0. The number of morpholine rings is 1. The minimum Gasteiger partial charge on any atom is -0.393 e. The summed E-state index contributed by atoms with van der Waals surface area (Å²) in [6.45, 7) is 5.66. The number of hydrogen-bond acceptors (Lipinski definition) is 5. The Morgan fingerprint density at radius 2 is 1.85 bits per heavy atom. The van der Waals surface area contributed by atoms with E-state index in [2.05, 4.69) is 44.3 Å². The Bertz CT molecular complexity index is 1330. The highest BCUT2D eigenvalue weighted by Gasteiger charge is 2.23. The maximum absolute atomic E-state index is 12.9. The first-order valence-corrected chi connectivity index (χ1v) is 12.0. The van der Waals surface area contributed by atoms with Gasteiger partial charge in [0.1, 0.15) is 5.69 Å². The van der Waals surface area contributed by atoms with Crippen LogP contribution in [0.25, 0.3) is 33.2 Å². The number of carbonyl (C=O) groups excluding carboxylic acids is 1. The molecule has 2 fully saturated rings. The molecule has 2 aromatic carbocycles. The van der Waals surface area contributed by atoms with Gasteiger partial charge in [0, 0.05) is 54.6 Å². The van der Waals surface area contributed by atoms with Gasteiger partial charge in [-0.1, -0.05) is 6.07 Å². The van der Waals surface area contributed by atoms with E-state index in [-0.39, 0.29) is 12.0 Å². The number of H-pyrrole nitrogens is 2. The van der Waals surface area contributed by atoms with Crippen LogP contribution in [0.1, 0.15) is 28.8 Å². The molecular formula is C26H29N5O3. The summed E-state index contributed by atoms with van der Waals surface area (Å²) < 4.78 is 5.46. The number of aliphatic hydroxyl groups excluding tert-OH is 1. The highest BCUT2D eigenvalue weighted by Crippen LogP contribution is 2.30. The van der Waals surface area contributed by atoms with Crippen molar-refractivity contribution >= 4 is 27.7 Å². The van der Waals surface area contributed by atoms with E-state index in [1.165, 1.54) is 5.56 Å². The zero-order valence-corrected chi connectivity index (χ0v) is 19.1. The summed E-state index contributed by atoms with van der Waals surface area (Å²) in [5.74, 6) is 0.00311. The van der Waals surface area contributed by atoms with Gasteiger partial charge in [-0.2, -0.15) is 5.10 Å². The minimum atomic E-state index is -0.298. The number of rotatable bonds is 4. The molecule has 0 radical (unpaired) electrons. The van der Waals surface area contributed by atoms with Crippen molar-refractivity contribution in [2.45, 2.75) is 25.5 Å². The molecule has 0 bridgehead atoms. The monoisotopic (exact) mass is 459 g/mol. The highest BCUT2D eigenvalue weighted by molar-refractivity contribution is 6.01. The van der Waals surface area contributed by atoms with Crippen LogP contribution < -0.4 is 0 Å². The zero-order valence-electron chi connectivity index (χ0n) is 19.1. The largest absolute Gasteiger partial charge is 0.393 e. The number of likely N-dealkylation sites (tertiary alicyclic amines) is 1. The number of aromatic nitrogens is 3. The quantitative estimate of drug-likeness (QED) is 0.436. The lowest BCUT2D eigenvalue weighted by molar-refractivity contribution is 0.0342. The Kier molecular flexibility index (Phi) is 5.57. The predicted octanol–water partition coefficient (Wildman–Crippen LogP) is 3.14. The maximum atomic E-state index is 12.9. The standard InChI is InChI=1S/C26H29N5O3/c32-20-5-7-31(8-6-20)26(33)18-2-3-21-23(14-18)28-29-25(21)24-15-19-13-17(1-4-22(19)27-24)16-30-9-11-34-12-10-30/h1-4,13-15,20,27,32H,5-12,16H2,(H,28,29). The van der Waals surface area contributed by atoms with Crippen molar-refractivity contribution in [2.24, 2.45) is 0 Å². The van der Waals surface area contributed by atoms with Gasteiger partial charge in [0.05, 0.1) is 30.5 Å². The number of benzene rings is 2. The van der Waals surface area contributed by atoms with Crippen LogP contribution in [0.4, 0.5) is 0 Å². The molecule has 0 saturated carbocycles. The molecule has 0 aliphatic carbocycles. The summed E-state index contributed by atoms with van der Waals surface area (Å²) in [5, 5.41) is 19.5. The topological polar surface area (TPSA) is 97.5 Å². The summed E-state index contributed by atoms with van der Waals surface area (Å²) in [5.41, 5.74) is 5.65. The molecule has 4 heterocycles. The fourth-order valence-electron chi connectivity index (χ4n) is 5.03. The van der Waals surface area contributed by atoms with Crippen LogP contribution in [0, 0.1) is 0 Å². The van der Waals surface area contributed by atoms with E-state index in [4.69, 9.17) is 4.74 Å². The van der Waals surface area contributed by atoms with Gasteiger partial charge in [-0.15, -0.1) is 0 Å². The SMILES string of the molecule is O=C(c1ccc2c(-c3cc4cc(CN5CCOCC5)ccc4[nH]3)n[nH]c2c1)N1CCC(O)CC1. The molecule has 2 aliphatic heterocycles. The van der Waals surface area contributed by atoms with Crippen LogP contribution >= 0.6 is 0 Å². The van der Waals surface area contributed by atoms with Crippen molar-refractivity contribution in [3.8, 4) is 11.4 Å². The second kappa shape index (κ2) is 8.87. The predicted molar refractivity (Wildman–Crippen MR) is 131 cm³/mol. The van der Waals surface area contributed by atoms with Gasteiger partial charge < -0.3 is 19.7 Å². The van der Waals surface area contributed by atoms with Crippen molar-refractivity contribution < 1.29 is 14.6 Å². The Balaban J connectivity index is 1.24. The van der Waals surface area contributed by atoms with E-state index in [9.17, 15) is 9.90 Å². The fourth-order valence-corrected chi connectivity index (χ4v) is 5.03. The zero-order chi connectivity index (χ0) is 23.1. The number of aromatic amines is 2. The highest BCUT2D eigenvalue weighted by atomic mass is 16.5. The Hall–Kier alpha value is -3.20. The number of nitrogens with one attached hydrogen (secondary N) is 2. The normalized spacial score (nSPS) is 18.2. The molecule has 1 amide bonds. The molecule has 176 valence electrons. The second-order valence-corrected chi connectivity index (χ2v) is 9.35. The molecule has 2 aromatic heterocycles. The minimum absolute atomic E-state index is 0.00311. The van der Waals surface area contributed by atoms with Crippen molar-refractivity contribution in [1.82, 2.24) is 25.0 Å². The number of amides is 1. The number of piperidine rings is 1. The number of fused-ring (bicyclic) bond motifs is 2. The van der Waals surface area contributed by atoms with Crippen molar-refractivity contribution in [2.75, 3.05) is 39.4 Å². The van der Waals surface area contributed by atoms with Crippen LogP contribution in [0.5, 0.6) is 0 Å². The smallest absolute Gasteiger partial charge is 0.253 e. The molecule has 6 rings (SSSR count). The number of nitrogens with zero attached hydrogens (tertiary/aromatic N) is 3. The van der Waals surface area contributed by atoms with Gasteiger partial charge in [0.15, 0.2) is 0 Å². The van der Waals surface area contributed by atoms with Crippen LogP contribution in [-0.4, -0.2) is 81.5 Å². The molecule has 2 saturated heterocycles. The molecular weight excluding hydrogens is 430 g/mol. The van der Waals surface area contributed by atoms with Crippen molar-refractivity contribution in [1.29, 1.82) is 0 Å². The lowest BCUT2D eigenvalue weighted by atomic mass is 10.1. The third-order valence-corrected chi connectivity index (χ3v) is 7.01. The first-order chi connectivity index (χ1) is 16.6. The first kappa shape index (κ1) is 21.3. The van der Waals surface area contributed by atoms with Crippen LogP contribution in [-0.2, 0) is 11.3 Å². The summed E-state index contributed by atoms with van der Waals surface area (Å²) in [4.78, 5) is 20.6. The average Bonchev–Trinajstić information content (AvgIpc) is 3.48. The maximum Gasteiger partial charge on any atom is 0.253 e.